The minimum atomic E-state index is -0.247. The number of nitrogens with one attached hydrogen (secondary N) is 1. The first-order chi connectivity index (χ1) is 16.5. The van der Waals surface area contributed by atoms with E-state index in [0.717, 1.165) is 37.7 Å². The first-order valence-corrected chi connectivity index (χ1v) is 11.7. The van der Waals surface area contributed by atoms with E-state index in [1.807, 2.05) is 35.2 Å². The number of benzene rings is 2. The fraction of sp³-hybridized carbons (Fsp3) is 0.440. The van der Waals surface area contributed by atoms with Crippen molar-refractivity contribution in [3.8, 4) is 0 Å². The van der Waals surface area contributed by atoms with Crippen LogP contribution in [0.15, 0.2) is 48.5 Å². The maximum Gasteiger partial charge on any atom is 0.238 e. The number of piperazine rings is 1. The minimum Gasteiger partial charge on any atom is -0.378 e. The second-order valence-corrected chi connectivity index (χ2v) is 8.69. The summed E-state index contributed by atoms with van der Waals surface area (Å²) in [5, 5.41) is 2.89. The molecule has 2 aliphatic heterocycles. The van der Waals surface area contributed by atoms with Crippen molar-refractivity contribution in [3.63, 3.8) is 0 Å². The molecule has 1 N–H and O–H groups in total. The van der Waals surface area contributed by atoms with E-state index in [0.29, 0.717) is 31.9 Å². The van der Waals surface area contributed by atoms with Gasteiger partial charge in [0.05, 0.1) is 32.0 Å². The third kappa shape index (κ3) is 6.24. The molecule has 0 unspecified atom stereocenters. The van der Waals surface area contributed by atoms with Crippen molar-refractivity contribution in [2.45, 2.75) is 0 Å². The van der Waals surface area contributed by atoms with Gasteiger partial charge in [0.2, 0.25) is 11.8 Å². The Hall–Kier alpha value is -3.17. The number of morpholine rings is 1. The lowest BCUT2D eigenvalue weighted by Gasteiger charge is -2.36. The molecule has 0 saturated carbocycles. The van der Waals surface area contributed by atoms with E-state index >= 15 is 0 Å². The highest BCUT2D eigenvalue weighted by Crippen LogP contribution is 2.21. The largest absolute Gasteiger partial charge is 0.378 e. The van der Waals surface area contributed by atoms with Crippen LogP contribution in [-0.4, -0.2) is 94.2 Å². The number of para-hydroxylation sites is 1. The van der Waals surface area contributed by atoms with Crippen LogP contribution in [0.1, 0.15) is 0 Å². The first kappa shape index (κ1) is 24.0. The molecular formula is C25H32FN5O3. The Morgan fingerprint density at radius 1 is 0.912 bits per heavy atom. The predicted molar refractivity (Wildman–Crippen MR) is 131 cm³/mol. The molecule has 4 rings (SSSR count). The highest BCUT2D eigenvalue weighted by atomic mass is 19.1. The van der Waals surface area contributed by atoms with Gasteiger partial charge in [-0.3, -0.25) is 14.5 Å². The standard InChI is InChI=1S/C25H32FN5O3/c1-28(18-24(32)27-20-6-8-21(9-7-20)29-14-16-34-17-15-29)19-25(33)31-12-10-30(11-13-31)23-5-3-2-4-22(23)26/h2-9H,10-19H2,1H3,(H,27,32). The Labute approximate surface area is 199 Å². The van der Waals surface area contributed by atoms with Gasteiger partial charge in [0.25, 0.3) is 0 Å². The number of rotatable bonds is 7. The van der Waals surface area contributed by atoms with Gasteiger partial charge >= 0.3 is 0 Å². The zero-order chi connectivity index (χ0) is 23.9. The van der Waals surface area contributed by atoms with Crippen molar-refractivity contribution in [3.05, 3.63) is 54.3 Å². The van der Waals surface area contributed by atoms with Crippen LogP contribution in [0.5, 0.6) is 0 Å². The highest BCUT2D eigenvalue weighted by molar-refractivity contribution is 5.92. The number of nitrogens with zero attached hydrogens (tertiary/aromatic N) is 4. The van der Waals surface area contributed by atoms with E-state index in [1.54, 1.807) is 29.0 Å². The highest BCUT2D eigenvalue weighted by Gasteiger charge is 2.23. The normalized spacial score (nSPS) is 16.6. The lowest BCUT2D eigenvalue weighted by Crippen LogP contribution is -2.51. The van der Waals surface area contributed by atoms with Crippen molar-refractivity contribution < 1.29 is 18.7 Å². The Morgan fingerprint density at radius 3 is 2.26 bits per heavy atom. The summed E-state index contributed by atoms with van der Waals surface area (Å²) in [6, 6.07) is 14.5. The summed E-state index contributed by atoms with van der Waals surface area (Å²) in [7, 11) is 1.76. The van der Waals surface area contributed by atoms with Gasteiger partial charge < -0.3 is 24.8 Å². The molecule has 8 nitrogen and oxygen atoms in total. The third-order valence-corrected chi connectivity index (χ3v) is 6.17. The molecular weight excluding hydrogens is 437 g/mol. The molecule has 2 fully saturated rings. The van der Waals surface area contributed by atoms with Crippen molar-refractivity contribution in [1.82, 2.24) is 9.80 Å². The summed E-state index contributed by atoms with van der Waals surface area (Å²) < 4.78 is 19.4. The second-order valence-electron chi connectivity index (χ2n) is 8.69. The van der Waals surface area contributed by atoms with Gasteiger partial charge in [-0.1, -0.05) is 12.1 Å². The number of carbonyl (C=O) groups excluding carboxylic acids is 2. The molecule has 0 spiro atoms. The number of ether oxygens (including phenoxy) is 1. The quantitative estimate of drug-likeness (QED) is 0.668. The molecule has 2 heterocycles. The molecule has 34 heavy (non-hydrogen) atoms. The van der Waals surface area contributed by atoms with Gasteiger partial charge in [0.15, 0.2) is 0 Å². The summed E-state index contributed by atoms with van der Waals surface area (Å²) in [4.78, 5) is 32.8. The summed E-state index contributed by atoms with van der Waals surface area (Å²) in [6.45, 7) is 5.68. The molecule has 0 bridgehead atoms. The minimum absolute atomic E-state index is 0.0293. The van der Waals surface area contributed by atoms with Crippen molar-refractivity contribution in [2.75, 3.05) is 87.7 Å². The molecule has 0 aromatic heterocycles. The van der Waals surface area contributed by atoms with Crippen LogP contribution in [0, 0.1) is 5.82 Å². The fourth-order valence-electron chi connectivity index (χ4n) is 4.31. The van der Waals surface area contributed by atoms with Gasteiger partial charge in [0, 0.05) is 50.6 Å². The van der Waals surface area contributed by atoms with Crippen LogP contribution < -0.4 is 15.1 Å². The molecule has 182 valence electrons. The summed E-state index contributed by atoms with van der Waals surface area (Å²) in [5.74, 6) is -0.444. The van der Waals surface area contributed by atoms with Gasteiger partial charge in [-0.25, -0.2) is 4.39 Å². The zero-order valence-corrected chi connectivity index (χ0v) is 19.6. The van der Waals surface area contributed by atoms with Crippen LogP contribution in [0.4, 0.5) is 21.5 Å². The Balaban J connectivity index is 1.19. The van der Waals surface area contributed by atoms with Gasteiger partial charge in [-0.15, -0.1) is 0 Å². The monoisotopic (exact) mass is 469 g/mol. The van der Waals surface area contributed by atoms with E-state index in [1.165, 1.54) is 6.07 Å². The summed E-state index contributed by atoms with van der Waals surface area (Å²) in [6.07, 6.45) is 0. The molecule has 2 saturated heterocycles. The summed E-state index contributed by atoms with van der Waals surface area (Å²) >= 11 is 0. The number of carbonyl (C=O) groups is 2. The maximum absolute atomic E-state index is 14.0. The average Bonchev–Trinajstić information content (AvgIpc) is 2.85. The average molecular weight is 470 g/mol. The number of hydrogen-bond acceptors (Lipinski definition) is 6. The van der Waals surface area contributed by atoms with Crippen LogP contribution in [-0.2, 0) is 14.3 Å². The van der Waals surface area contributed by atoms with Crippen molar-refractivity contribution >= 4 is 28.9 Å². The van der Waals surface area contributed by atoms with E-state index in [2.05, 4.69) is 10.2 Å². The van der Waals surface area contributed by atoms with Crippen LogP contribution in [0.3, 0.4) is 0 Å². The second kappa shape index (κ2) is 11.3. The molecule has 2 aromatic carbocycles. The van der Waals surface area contributed by atoms with E-state index in [-0.39, 0.29) is 30.7 Å². The number of amides is 2. The molecule has 2 amide bonds. The van der Waals surface area contributed by atoms with Crippen molar-refractivity contribution in [2.24, 2.45) is 0 Å². The third-order valence-electron chi connectivity index (χ3n) is 6.17. The van der Waals surface area contributed by atoms with Crippen LogP contribution >= 0.6 is 0 Å². The predicted octanol–water partition coefficient (Wildman–Crippen LogP) is 1.88. The number of halogens is 1. The smallest absolute Gasteiger partial charge is 0.238 e. The number of hydrogen-bond donors (Lipinski definition) is 1. The molecule has 0 atom stereocenters. The summed E-state index contributed by atoms with van der Waals surface area (Å²) in [5.41, 5.74) is 2.41. The fourth-order valence-corrected chi connectivity index (χ4v) is 4.31. The van der Waals surface area contributed by atoms with E-state index < -0.39 is 0 Å². The van der Waals surface area contributed by atoms with Crippen LogP contribution in [0.25, 0.3) is 0 Å². The first-order valence-electron chi connectivity index (χ1n) is 11.7. The topological polar surface area (TPSA) is 68.4 Å². The molecule has 2 aromatic rings. The zero-order valence-electron chi connectivity index (χ0n) is 19.6. The molecule has 0 aliphatic carbocycles. The number of likely N-dealkylation sites (N-methyl/N-ethyl adjacent to an activating group) is 1. The maximum atomic E-state index is 14.0. The molecule has 9 heteroatoms. The van der Waals surface area contributed by atoms with E-state index in [4.69, 9.17) is 4.74 Å². The molecule has 0 radical (unpaired) electrons. The number of anilines is 3. The van der Waals surface area contributed by atoms with Crippen LogP contribution in [0.2, 0.25) is 0 Å². The Morgan fingerprint density at radius 2 is 1.59 bits per heavy atom. The molecule has 2 aliphatic rings. The Kier molecular flexibility index (Phi) is 7.97. The van der Waals surface area contributed by atoms with Gasteiger partial charge in [-0.05, 0) is 43.4 Å². The van der Waals surface area contributed by atoms with Gasteiger partial charge in [-0.2, -0.15) is 0 Å². The SMILES string of the molecule is CN(CC(=O)Nc1ccc(N2CCOCC2)cc1)CC(=O)N1CCN(c2ccccc2F)CC1. The van der Waals surface area contributed by atoms with Crippen molar-refractivity contribution in [1.29, 1.82) is 0 Å². The lowest BCUT2D eigenvalue weighted by atomic mass is 10.2. The Bertz CT molecular complexity index is 973. The van der Waals surface area contributed by atoms with Gasteiger partial charge in [0.1, 0.15) is 5.82 Å². The lowest BCUT2D eigenvalue weighted by molar-refractivity contribution is -0.132. The van der Waals surface area contributed by atoms with E-state index in [9.17, 15) is 14.0 Å².